The Kier molecular flexibility index (Phi) is 6.02. The summed E-state index contributed by atoms with van der Waals surface area (Å²) in [7, 11) is 1.28. The SMILES string of the molecule is COC(=O)[C@H](Cc1ccc(Cl)cc1)NC(=O)c1ccc(Cl)cc1. The molecule has 0 saturated heterocycles. The van der Waals surface area contributed by atoms with Crippen molar-refractivity contribution >= 4 is 35.1 Å². The lowest BCUT2D eigenvalue weighted by Gasteiger charge is -2.16. The summed E-state index contributed by atoms with van der Waals surface area (Å²) in [4.78, 5) is 24.2. The molecule has 0 heterocycles. The summed E-state index contributed by atoms with van der Waals surface area (Å²) in [5, 5.41) is 3.82. The first kappa shape index (κ1) is 17.3. The molecule has 0 saturated carbocycles. The maximum Gasteiger partial charge on any atom is 0.328 e. The van der Waals surface area contributed by atoms with Gasteiger partial charge in [0.15, 0.2) is 0 Å². The number of nitrogens with one attached hydrogen (secondary N) is 1. The van der Waals surface area contributed by atoms with Gasteiger partial charge in [-0.15, -0.1) is 0 Å². The average molecular weight is 352 g/mol. The molecule has 2 rings (SSSR count). The number of hydrogen-bond acceptors (Lipinski definition) is 3. The quantitative estimate of drug-likeness (QED) is 0.838. The number of esters is 1. The highest BCUT2D eigenvalue weighted by atomic mass is 35.5. The Labute approximate surface area is 144 Å². The van der Waals surface area contributed by atoms with Crippen LogP contribution in [0.2, 0.25) is 10.0 Å². The number of ether oxygens (including phenoxy) is 1. The highest BCUT2D eigenvalue weighted by Gasteiger charge is 2.22. The predicted octanol–water partition coefficient (Wildman–Crippen LogP) is 3.51. The second-order valence-electron chi connectivity index (χ2n) is 4.89. The van der Waals surface area contributed by atoms with E-state index in [0.717, 1.165) is 5.56 Å². The van der Waals surface area contributed by atoms with Gasteiger partial charge in [0.05, 0.1) is 7.11 Å². The van der Waals surface area contributed by atoms with Crippen LogP contribution >= 0.6 is 23.2 Å². The number of amides is 1. The van der Waals surface area contributed by atoms with Gasteiger partial charge in [-0.3, -0.25) is 4.79 Å². The van der Waals surface area contributed by atoms with Crippen LogP contribution in [0.4, 0.5) is 0 Å². The van der Waals surface area contributed by atoms with Gasteiger partial charge in [-0.1, -0.05) is 35.3 Å². The summed E-state index contributed by atoms with van der Waals surface area (Å²) < 4.78 is 4.76. The van der Waals surface area contributed by atoms with Crippen molar-refractivity contribution in [3.63, 3.8) is 0 Å². The monoisotopic (exact) mass is 351 g/mol. The molecule has 0 fully saturated rings. The van der Waals surface area contributed by atoms with E-state index in [-0.39, 0.29) is 5.91 Å². The molecule has 23 heavy (non-hydrogen) atoms. The molecular formula is C17H15Cl2NO3. The minimum absolute atomic E-state index is 0.309. The lowest BCUT2D eigenvalue weighted by molar-refractivity contribution is -0.142. The van der Waals surface area contributed by atoms with Gasteiger partial charge in [0.2, 0.25) is 0 Å². The maximum atomic E-state index is 12.2. The Balaban J connectivity index is 2.12. The maximum absolute atomic E-state index is 12.2. The standard InChI is InChI=1S/C17H15Cl2NO3/c1-23-17(22)15(10-11-2-6-13(18)7-3-11)20-16(21)12-4-8-14(19)9-5-12/h2-9,15H,10H2,1H3,(H,20,21)/t15-/m0/s1. The number of carbonyl (C=O) groups excluding carboxylic acids is 2. The third-order valence-corrected chi connectivity index (χ3v) is 3.75. The third kappa shape index (κ3) is 4.98. The summed E-state index contributed by atoms with van der Waals surface area (Å²) in [5.74, 6) is -0.881. The van der Waals surface area contributed by atoms with Crippen molar-refractivity contribution in [3.05, 3.63) is 69.7 Å². The molecule has 2 aromatic carbocycles. The van der Waals surface area contributed by atoms with E-state index in [1.807, 2.05) is 0 Å². The molecule has 0 aliphatic heterocycles. The predicted molar refractivity (Wildman–Crippen MR) is 89.9 cm³/mol. The molecule has 0 aliphatic carbocycles. The van der Waals surface area contributed by atoms with Crippen molar-refractivity contribution in [3.8, 4) is 0 Å². The molecule has 0 spiro atoms. The number of carbonyl (C=O) groups is 2. The molecular weight excluding hydrogens is 337 g/mol. The molecule has 0 aliphatic rings. The largest absolute Gasteiger partial charge is 0.467 e. The highest BCUT2D eigenvalue weighted by Crippen LogP contribution is 2.13. The molecule has 2 aromatic rings. The van der Waals surface area contributed by atoms with Crippen LogP contribution < -0.4 is 5.32 Å². The number of hydrogen-bond donors (Lipinski definition) is 1. The first-order valence-electron chi connectivity index (χ1n) is 6.88. The zero-order chi connectivity index (χ0) is 16.8. The Morgan fingerprint density at radius 2 is 1.52 bits per heavy atom. The smallest absolute Gasteiger partial charge is 0.328 e. The first-order chi connectivity index (χ1) is 11.0. The molecule has 4 nitrogen and oxygen atoms in total. The van der Waals surface area contributed by atoms with Crippen LogP contribution in [-0.4, -0.2) is 25.0 Å². The van der Waals surface area contributed by atoms with Crippen molar-refractivity contribution < 1.29 is 14.3 Å². The van der Waals surface area contributed by atoms with Crippen LogP contribution in [-0.2, 0) is 16.0 Å². The summed E-state index contributed by atoms with van der Waals surface area (Å²) >= 11 is 11.6. The number of rotatable bonds is 5. The Morgan fingerprint density at radius 1 is 1.00 bits per heavy atom. The summed E-state index contributed by atoms with van der Waals surface area (Å²) in [5.41, 5.74) is 1.28. The van der Waals surface area contributed by atoms with Crippen LogP contribution in [0.25, 0.3) is 0 Å². The fourth-order valence-corrected chi connectivity index (χ4v) is 2.29. The van der Waals surface area contributed by atoms with E-state index in [1.165, 1.54) is 7.11 Å². The normalized spacial score (nSPS) is 11.6. The van der Waals surface area contributed by atoms with Crippen LogP contribution in [0, 0.1) is 0 Å². The van der Waals surface area contributed by atoms with Gasteiger partial charge in [0, 0.05) is 22.0 Å². The van der Waals surface area contributed by atoms with E-state index < -0.39 is 12.0 Å². The van der Waals surface area contributed by atoms with Gasteiger partial charge in [-0.05, 0) is 42.0 Å². The number of benzene rings is 2. The van der Waals surface area contributed by atoms with Crippen LogP contribution in [0.1, 0.15) is 15.9 Å². The van der Waals surface area contributed by atoms with Crippen LogP contribution in [0.3, 0.4) is 0 Å². The molecule has 0 radical (unpaired) electrons. The van der Waals surface area contributed by atoms with Crippen molar-refractivity contribution in [1.29, 1.82) is 0 Å². The van der Waals surface area contributed by atoms with Crippen molar-refractivity contribution in [2.75, 3.05) is 7.11 Å². The molecule has 1 amide bonds. The highest BCUT2D eigenvalue weighted by molar-refractivity contribution is 6.30. The lowest BCUT2D eigenvalue weighted by atomic mass is 10.1. The Morgan fingerprint density at radius 3 is 2.04 bits per heavy atom. The van der Waals surface area contributed by atoms with E-state index in [2.05, 4.69) is 5.32 Å². The molecule has 0 unspecified atom stereocenters. The van der Waals surface area contributed by atoms with Gasteiger partial charge in [0.1, 0.15) is 6.04 Å². The van der Waals surface area contributed by atoms with Crippen molar-refractivity contribution in [2.45, 2.75) is 12.5 Å². The molecule has 1 atom stereocenters. The van der Waals surface area contributed by atoms with E-state index in [9.17, 15) is 9.59 Å². The summed E-state index contributed by atoms with van der Waals surface area (Å²) in [6.07, 6.45) is 0.309. The van der Waals surface area contributed by atoms with Gasteiger partial charge < -0.3 is 10.1 Å². The first-order valence-corrected chi connectivity index (χ1v) is 7.64. The van der Waals surface area contributed by atoms with E-state index >= 15 is 0 Å². The van der Waals surface area contributed by atoms with E-state index in [0.29, 0.717) is 22.0 Å². The number of methoxy groups -OCH3 is 1. The molecule has 0 aromatic heterocycles. The zero-order valence-corrected chi connectivity index (χ0v) is 13.9. The lowest BCUT2D eigenvalue weighted by Crippen LogP contribution is -2.43. The van der Waals surface area contributed by atoms with E-state index in [1.54, 1.807) is 48.5 Å². The fraction of sp³-hybridized carbons (Fsp3) is 0.176. The Bertz CT molecular complexity index is 684. The second kappa shape index (κ2) is 7.99. The van der Waals surface area contributed by atoms with E-state index in [4.69, 9.17) is 27.9 Å². The molecule has 1 N–H and O–H groups in total. The third-order valence-electron chi connectivity index (χ3n) is 3.25. The van der Waals surface area contributed by atoms with Crippen LogP contribution in [0.15, 0.2) is 48.5 Å². The fourth-order valence-electron chi connectivity index (χ4n) is 2.03. The molecule has 6 heteroatoms. The summed E-state index contributed by atoms with van der Waals surface area (Å²) in [6.45, 7) is 0. The second-order valence-corrected chi connectivity index (χ2v) is 5.76. The van der Waals surface area contributed by atoms with Gasteiger partial charge in [-0.2, -0.15) is 0 Å². The van der Waals surface area contributed by atoms with Crippen LogP contribution in [0.5, 0.6) is 0 Å². The van der Waals surface area contributed by atoms with Gasteiger partial charge in [0.25, 0.3) is 5.91 Å². The topological polar surface area (TPSA) is 55.4 Å². The van der Waals surface area contributed by atoms with Gasteiger partial charge >= 0.3 is 5.97 Å². The molecule has 120 valence electrons. The number of halogens is 2. The Hall–Kier alpha value is -2.04. The van der Waals surface area contributed by atoms with Gasteiger partial charge in [-0.25, -0.2) is 4.79 Å². The zero-order valence-electron chi connectivity index (χ0n) is 12.4. The minimum atomic E-state index is -0.788. The minimum Gasteiger partial charge on any atom is -0.467 e. The summed E-state index contributed by atoms with van der Waals surface area (Å²) in [6, 6.07) is 12.7. The average Bonchev–Trinajstić information content (AvgIpc) is 2.56. The van der Waals surface area contributed by atoms with Crippen molar-refractivity contribution in [1.82, 2.24) is 5.32 Å². The molecule has 0 bridgehead atoms. The van der Waals surface area contributed by atoms with Crippen molar-refractivity contribution in [2.24, 2.45) is 0 Å².